The van der Waals surface area contributed by atoms with E-state index in [1.807, 2.05) is 23.1 Å². The smallest absolute Gasteiger partial charge is 0.288 e. The van der Waals surface area contributed by atoms with E-state index >= 15 is 0 Å². The van der Waals surface area contributed by atoms with Crippen LogP contribution in [0.1, 0.15) is 62.8 Å². The van der Waals surface area contributed by atoms with Crippen LogP contribution in [0.25, 0.3) is 0 Å². The van der Waals surface area contributed by atoms with Gasteiger partial charge in [0, 0.05) is 42.5 Å². The van der Waals surface area contributed by atoms with E-state index in [1.54, 1.807) is 0 Å². The Morgan fingerprint density at radius 3 is 2.48 bits per heavy atom. The average molecular weight is 521 g/mol. The maximum absolute atomic E-state index is 13.4. The van der Waals surface area contributed by atoms with Gasteiger partial charge in [-0.1, -0.05) is 34.5 Å². The topological polar surface area (TPSA) is 62.2 Å². The Morgan fingerprint density at radius 1 is 1.06 bits per heavy atom. The molecule has 1 aromatic carbocycles. The molecular formula is C26H37BrN2O4. The summed E-state index contributed by atoms with van der Waals surface area (Å²) in [7, 11) is 0. The number of amides is 1. The van der Waals surface area contributed by atoms with Crippen LogP contribution in [-0.4, -0.2) is 72.5 Å². The van der Waals surface area contributed by atoms with Crippen LogP contribution < -0.4 is 0 Å². The number of aliphatic hydroxyl groups excluding tert-OH is 1. The number of carbonyl (C=O) groups is 1. The first kappa shape index (κ1) is 24.7. The van der Waals surface area contributed by atoms with Crippen molar-refractivity contribution >= 4 is 21.8 Å². The molecule has 182 valence electrons. The van der Waals surface area contributed by atoms with Crippen LogP contribution >= 0.6 is 15.9 Å². The molecule has 2 fully saturated rings. The molecule has 7 heteroatoms. The Labute approximate surface area is 206 Å². The molecule has 3 aliphatic heterocycles. The van der Waals surface area contributed by atoms with E-state index in [0.29, 0.717) is 31.2 Å². The van der Waals surface area contributed by atoms with Gasteiger partial charge in [0.2, 0.25) is 6.29 Å². The minimum Gasteiger partial charge on any atom is -0.459 e. The molecule has 0 aliphatic carbocycles. The predicted octanol–water partition coefficient (Wildman–Crippen LogP) is 4.43. The highest BCUT2D eigenvalue weighted by molar-refractivity contribution is 9.10. The zero-order valence-corrected chi connectivity index (χ0v) is 21.0. The molecule has 0 aromatic heterocycles. The van der Waals surface area contributed by atoms with Gasteiger partial charge >= 0.3 is 0 Å². The molecule has 1 N–H and O–H groups in total. The first-order chi connectivity index (χ1) is 16.1. The summed E-state index contributed by atoms with van der Waals surface area (Å²) in [6.07, 6.45) is 9.71. The van der Waals surface area contributed by atoms with Crippen molar-refractivity contribution in [3.8, 4) is 0 Å². The number of piperidine rings is 2. The number of ether oxygens (including phenoxy) is 2. The number of rotatable bonds is 8. The van der Waals surface area contributed by atoms with Gasteiger partial charge in [0.15, 0.2) is 5.76 Å². The van der Waals surface area contributed by atoms with Crippen LogP contribution in [0.2, 0.25) is 0 Å². The molecular weight excluding hydrogens is 484 g/mol. The van der Waals surface area contributed by atoms with Gasteiger partial charge in [-0.25, -0.2) is 0 Å². The van der Waals surface area contributed by atoms with Gasteiger partial charge in [-0.3, -0.25) is 4.79 Å². The molecule has 0 radical (unpaired) electrons. The van der Waals surface area contributed by atoms with Gasteiger partial charge in [0.05, 0.1) is 6.61 Å². The third-order valence-electron chi connectivity index (χ3n) is 7.08. The number of halogens is 1. The second kappa shape index (κ2) is 12.3. The van der Waals surface area contributed by atoms with Crippen molar-refractivity contribution in [2.24, 2.45) is 0 Å². The number of allylic oxidation sites excluding steroid dienone is 1. The number of hydrogen-bond donors (Lipinski definition) is 1. The standard InChI is InChI=1S/C26H37BrN2O4/c27-22-8-6-20(7-9-22)21-18-24(33-25(19-21)32-17-5-4-16-30)26(31)29-14-10-23(11-15-29)28-12-2-1-3-13-28/h6-9,18,21,23,25,30H,1-5,10-17,19H2/t21-,25+/m0/s1. The molecule has 4 rings (SSSR count). The van der Waals surface area contributed by atoms with Crippen molar-refractivity contribution in [3.05, 3.63) is 46.1 Å². The highest BCUT2D eigenvalue weighted by atomic mass is 79.9. The van der Waals surface area contributed by atoms with Gasteiger partial charge < -0.3 is 24.4 Å². The number of hydrogen-bond acceptors (Lipinski definition) is 5. The van der Waals surface area contributed by atoms with Gasteiger partial charge in [-0.15, -0.1) is 0 Å². The molecule has 1 aromatic rings. The van der Waals surface area contributed by atoms with Crippen molar-refractivity contribution in [1.29, 1.82) is 0 Å². The third kappa shape index (κ3) is 6.81. The van der Waals surface area contributed by atoms with Crippen LogP contribution in [0.5, 0.6) is 0 Å². The summed E-state index contributed by atoms with van der Waals surface area (Å²) in [4.78, 5) is 18.0. The maximum atomic E-state index is 13.4. The van der Waals surface area contributed by atoms with E-state index in [4.69, 9.17) is 14.6 Å². The van der Waals surface area contributed by atoms with Gasteiger partial charge in [0.1, 0.15) is 0 Å². The van der Waals surface area contributed by atoms with Crippen molar-refractivity contribution in [2.45, 2.75) is 69.6 Å². The number of likely N-dealkylation sites (tertiary alicyclic amines) is 2. The van der Waals surface area contributed by atoms with Crippen LogP contribution in [0.15, 0.2) is 40.6 Å². The van der Waals surface area contributed by atoms with Crippen LogP contribution in [0.3, 0.4) is 0 Å². The summed E-state index contributed by atoms with van der Waals surface area (Å²) in [6.45, 7) is 4.65. The molecule has 1 amide bonds. The SMILES string of the molecule is O=C(C1=C[C@H](c2ccc(Br)cc2)C[C@H](OCCCCO)O1)N1CCC(N2CCCCC2)CC1. The van der Waals surface area contributed by atoms with Gasteiger partial charge in [0.25, 0.3) is 5.91 Å². The lowest BCUT2D eigenvalue weighted by molar-refractivity contribution is -0.153. The lowest BCUT2D eigenvalue weighted by atomic mass is 9.92. The fourth-order valence-electron chi connectivity index (χ4n) is 5.16. The minimum absolute atomic E-state index is 0.0159. The van der Waals surface area contributed by atoms with Crippen molar-refractivity contribution in [2.75, 3.05) is 39.4 Å². The summed E-state index contributed by atoms with van der Waals surface area (Å²) >= 11 is 3.50. The van der Waals surface area contributed by atoms with Crippen molar-refractivity contribution < 1.29 is 19.4 Å². The fraction of sp³-hybridized carbons (Fsp3) is 0.654. The number of carbonyl (C=O) groups excluding carboxylic acids is 1. The molecule has 2 saturated heterocycles. The van der Waals surface area contributed by atoms with Gasteiger partial charge in [-0.05, 0) is 75.4 Å². The lowest BCUT2D eigenvalue weighted by Crippen LogP contribution is -2.49. The Balaban J connectivity index is 1.40. The van der Waals surface area contributed by atoms with Crippen LogP contribution in [0, 0.1) is 0 Å². The Hall–Kier alpha value is -1.41. The molecule has 3 aliphatic rings. The Morgan fingerprint density at radius 2 is 1.79 bits per heavy atom. The first-order valence-electron chi connectivity index (χ1n) is 12.5. The minimum atomic E-state index is -0.452. The highest BCUT2D eigenvalue weighted by Gasteiger charge is 2.33. The second-order valence-electron chi connectivity index (χ2n) is 9.39. The molecule has 0 bridgehead atoms. The molecule has 2 atom stereocenters. The summed E-state index contributed by atoms with van der Waals surface area (Å²) in [6, 6.07) is 8.84. The first-order valence-corrected chi connectivity index (χ1v) is 13.3. The predicted molar refractivity (Wildman–Crippen MR) is 132 cm³/mol. The molecule has 0 unspecified atom stereocenters. The molecule has 6 nitrogen and oxygen atoms in total. The molecule has 33 heavy (non-hydrogen) atoms. The Kier molecular flexibility index (Phi) is 9.24. The number of benzene rings is 1. The zero-order valence-electron chi connectivity index (χ0n) is 19.5. The van der Waals surface area contributed by atoms with Crippen LogP contribution in [0.4, 0.5) is 0 Å². The molecule has 0 saturated carbocycles. The molecule has 0 spiro atoms. The van der Waals surface area contributed by atoms with E-state index in [1.165, 1.54) is 32.4 Å². The summed E-state index contributed by atoms with van der Waals surface area (Å²) in [5, 5.41) is 9.02. The van der Waals surface area contributed by atoms with Crippen LogP contribution in [-0.2, 0) is 14.3 Å². The van der Waals surface area contributed by atoms with E-state index in [-0.39, 0.29) is 18.4 Å². The summed E-state index contributed by atoms with van der Waals surface area (Å²) in [5.74, 6) is 0.468. The maximum Gasteiger partial charge on any atom is 0.288 e. The number of nitrogens with zero attached hydrogens (tertiary/aromatic N) is 2. The van der Waals surface area contributed by atoms with E-state index in [9.17, 15) is 4.79 Å². The fourth-order valence-corrected chi connectivity index (χ4v) is 5.42. The van der Waals surface area contributed by atoms with Gasteiger partial charge in [-0.2, -0.15) is 0 Å². The number of aliphatic hydroxyl groups is 1. The summed E-state index contributed by atoms with van der Waals surface area (Å²) < 4.78 is 13.1. The van der Waals surface area contributed by atoms with E-state index in [0.717, 1.165) is 42.4 Å². The van der Waals surface area contributed by atoms with Crippen molar-refractivity contribution in [1.82, 2.24) is 9.80 Å². The largest absolute Gasteiger partial charge is 0.459 e. The Bertz CT molecular complexity index is 786. The average Bonchev–Trinajstić information content (AvgIpc) is 2.87. The normalized spacial score (nSPS) is 24.9. The summed E-state index contributed by atoms with van der Waals surface area (Å²) in [5.41, 5.74) is 1.15. The second-order valence-corrected chi connectivity index (χ2v) is 10.3. The zero-order chi connectivity index (χ0) is 23.0. The van der Waals surface area contributed by atoms with E-state index in [2.05, 4.69) is 33.0 Å². The highest BCUT2D eigenvalue weighted by Crippen LogP contribution is 2.33. The van der Waals surface area contributed by atoms with Crippen molar-refractivity contribution in [3.63, 3.8) is 0 Å². The quantitative estimate of drug-likeness (QED) is 0.513. The molecule has 3 heterocycles. The third-order valence-corrected chi connectivity index (χ3v) is 7.61. The lowest BCUT2D eigenvalue weighted by Gasteiger charge is -2.40. The van der Waals surface area contributed by atoms with E-state index < -0.39 is 6.29 Å². The number of unbranched alkanes of at least 4 members (excludes halogenated alkanes) is 1. The monoisotopic (exact) mass is 520 g/mol.